The predicted octanol–water partition coefficient (Wildman–Crippen LogP) is 3.92. The summed E-state index contributed by atoms with van der Waals surface area (Å²) in [6.45, 7) is 14.0. The third-order valence-corrected chi connectivity index (χ3v) is 8.57. The van der Waals surface area contributed by atoms with Crippen molar-refractivity contribution in [1.82, 2.24) is 5.23 Å². The lowest BCUT2D eigenvalue weighted by atomic mass is 9.44. The molecule has 0 amide bonds. The molecule has 0 aliphatic carbocycles. The summed E-state index contributed by atoms with van der Waals surface area (Å²) in [4.78, 5) is 5.42. The van der Waals surface area contributed by atoms with E-state index in [2.05, 4.69) is 88.0 Å². The number of aliphatic hydroxyl groups is 1. The Bertz CT molecular complexity index is 1340. The number of allylic oxidation sites excluding steroid dienone is 1. The number of aryl methyl sites for hydroxylation is 2. The fraction of sp³-hybridized carbons (Fsp3) is 0.367. The molecule has 2 aliphatic heterocycles. The lowest BCUT2D eigenvalue weighted by Crippen LogP contribution is -2.64. The molecule has 0 spiro atoms. The third-order valence-electron chi connectivity index (χ3n) is 8.57. The van der Waals surface area contributed by atoms with E-state index in [0.717, 1.165) is 17.8 Å². The van der Waals surface area contributed by atoms with Crippen LogP contribution in [0.25, 0.3) is 10.8 Å². The van der Waals surface area contributed by atoms with Gasteiger partial charge in [-0.1, -0.05) is 73.2 Å². The molecule has 0 aromatic heterocycles. The monoisotopic (exact) mass is 466 g/mol. The Balaban J connectivity index is 1.90. The Hall–Kier alpha value is -2.89. The van der Waals surface area contributed by atoms with E-state index in [-0.39, 0.29) is 18.9 Å². The van der Waals surface area contributed by atoms with Gasteiger partial charge in [0, 0.05) is 37.0 Å². The van der Waals surface area contributed by atoms with Gasteiger partial charge in [-0.15, -0.1) is 0 Å². The summed E-state index contributed by atoms with van der Waals surface area (Å²) in [7, 11) is 1.74. The van der Waals surface area contributed by atoms with Gasteiger partial charge in [0.25, 0.3) is 0 Å². The van der Waals surface area contributed by atoms with E-state index in [0.29, 0.717) is 13.0 Å². The molecule has 0 bridgehead atoms. The van der Waals surface area contributed by atoms with Crippen LogP contribution in [0.5, 0.6) is 0 Å². The summed E-state index contributed by atoms with van der Waals surface area (Å²) in [5.41, 5.74) is 8.49. The Kier molecular flexibility index (Phi) is 5.89. The van der Waals surface area contributed by atoms with Crippen LogP contribution in [0.3, 0.4) is 0 Å². The number of aliphatic hydroxyl groups excluding tert-OH is 1. The first kappa shape index (κ1) is 23.8. The van der Waals surface area contributed by atoms with Gasteiger partial charge in [0.2, 0.25) is 0 Å². The molecule has 3 aromatic carbocycles. The molecule has 5 heteroatoms. The molecule has 3 aromatic rings. The van der Waals surface area contributed by atoms with E-state index in [4.69, 9.17) is 9.73 Å². The topological polar surface area (TPSA) is 53.9 Å². The Morgan fingerprint density at radius 1 is 1.06 bits per heavy atom. The largest absolute Gasteiger partial charge is 0.419 e. The predicted molar refractivity (Wildman–Crippen MR) is 148 cm³/mol. The number of benzene rings is 3. The third kappa shape index (κ3) is 3.48. The minimum Gasteiger partial charge on any atom is -0.419 e. The molecule has 35 heavy (non-hydrogen) atoms. The molecular formula is C30H35BN2O2. The van der Waals surface area contributed by atoms with Crippen LogP contribution < -0.4 is 16.2 Å². The molecule has 4 nitrogen and oxygen atoms in total. The van der Waals surface area contributed by atoms with E-state index in [1.165, 1.54) is 44.0 Å². The first-order valence-electron chi connectivity index (χ1n) is 12.5. The molecule has 2 N–H and O–H groups in total. The van der Waals surface area contributed by atoms with Crippen molar-refractivity contribution < 1.29 is 9.84 Å². The fourth-order valence-corrected chi connectivity index (χ4v) is 6.42. The summed E-state index contributed by atoms with van der Waals surface area (Å²) in [5.74, 6) is 0. The number of fused-ring (bicyclic) bond motifs is 2. The molecule has 180 valence electrons. The zero-order chi connectivity index (χ0) is 25.0. The number of aliphatic imine (C=N–C) groups is 1. The van der Waals surface area contributed by atoms with Crippen LogP contribution >= 0.6 is 0 Å². The Morgan fingerprint density at radius 2 is 1.77 bits per heavy atom. The standard InChI is InChI=1S/C30H35BN2O2/c1-19-10-9-11-20(2)27(19)31-24-18-22-12-7-8-13-23(22)26-25(24)28(21(3)33-31)32-30(5,15-17-35-6)29(26,4)14-16-34/h7-13,18,33-34H,3,14-17H2,1-2,4-6H3. The van der Waals surface area contributed by atoms with E-state index in [1.807, 2.05) is 0 Å². The smallest absolute Gasteiger partial charge is 0.322 e. The van der Waals surface area contributed by atoms with Gasteiger partial charge in [-0.2, -0.15) is 0 Å². The van der Waals surface area contributed by atoms with Gasteiger partial charge in [0.1, 0.15) is 0 Å². The maximum atomic E-state index is 10.3. The second-order valence-corrected chi connectivity index (χ2v) is 10.6. The number of hydrogen-bond donors (Lipinski definition) is 2. The Labute approximate surface area is 209 Å². The zero-order valence-corrected chi connectivity index (χ0v) is 21.5. The number of ether oxygens (including phenoxy) is 1. The van der Waals surface area contributed by atoms with Crippen LogP contribution in [0.1, 0.15) is 48.9 Å². The van der Waals surface area contributed by atoms with E-state index in [1.54, 1.807) is 7.11 Å². The van der Waals surface area contributed by atoms with Crippen molar-refractivity contribution in [3.05, 3.63) is 83.1 Å². The molecule has 5 rings (SSSR count). The molecule has 2 atom stereocenters. The summed E-state index contributed by atoms with van der Waals surface area (Å²) in [6, 6.07) is 17.5. The molecule has 0 saturated carbocycles. The average Bonchev–Trinajstić information content (AvgIpc) is 2.83. The quantitative estimate of drug-likeness (QED) is 0.542. The molecule has 0 saturated heterocycles. The maximum absolute atomic E-state index is 10.3. The van der Waals surface area contributed by atoms with Crippen molar-refractivity contribution >= 4 is 34.3 Å². The summed E-state index contributed by atoms with van der Waals surface area (Å²) >= 11 is 0. The van der Waals surface area contributed by atoms with Gasteiger partial charge in [0.05, 0.1) is 11.3 Å². The fourth-order valence-electron chi connectivity index (χ4n) is 6.42. The molecule has 2 aliphatic rings. The van der Waals surface area contributed by atoms with E-state index < -0.39 is 5.54 Å². The first-order chi connectivity index (χ1) is 16.8. The zero-order valence-electron chi connectivity index (χ0n) is 21.5. The van der Waals surface area contributed by atoms with Crippen molar-refractivity contribution in [2.75, 3.05) is 20.3 Å². The summed E-state index contributed by atoms with van der Waals surface area (Å²) < 4.78 is 5.52. The highest BCUT2D eigenvalue weighted by atomic mass is 16.5. The van der Waals surface area contributed by atoms with Crippen LogP contribution in [-0.4, -0.2) is 43.5 Å². The van der Waals surface area contributed by atoms with Crippen molar-refractivity contribution in [2.45, 2.75) is 51.5 Å². The lowest BCUT2D eigenvalue weighted by molar-refractivity contribution is 0.122. The van der Waals surface area contributed by atoms with Crippen LogP contribution in [0.15, 0.2) is 65.8 Å². The number of nitrogens with one attached hydrogen (secondary N) is 1. The highest BCUT2D eigenvalue weighted by Crippen LogP contribution is 2.50. The second kappa shape index (κ2) is 8.65. The normalized spacial score (nSPS) is 23.2. The van der Waals surface area contributed by atoms with Gasteiger partial charge in [-0.05, 0) is 60.9 Å². The highest BCUT2D eigenvalue weighted by Gasteiger charge is 2.52. The molecule has 0 fully saturated rings. The second-order valence-electron chi connectivity index (χ2n) is 10.6. The lowest BCUT2D eigenvalue weighted by Gasteiger charge is -2.51. The van der Waals surface area contributed by atoms with E-state index >= 15 is 0 Å². The average molecular weight is 466 g/mol. The van der Waals surface area contributed by atoms with Gasteiger partial charge in [-0.25, -0.2) is 0 Å². The van der Waals surface area contributed by atoms with Crippen molar-refractivity contribution in [2.24, 2.45) is 4.99 Å². The molecule has 2 heterocycles. The maximum Gasteiger partial charge on any atom is 0.322 e. The molecule has 2 unspecified atom stereocenters. The van der Waals surface area contributed by atoms with Crippen molar-refractivity contribution in [3.8, 4) is 0 Å². The van der Waals surface area contributed by atoms with E-state index in [9.17, 15) is 5.11 Å². The number of methoxy groups -OCH3 is 1. The number of nitrogens with zero attached hydrogens (tertiary/aromatic N) is 1. The van der Waals surface area contributed by atoms with Crippen molar-refractivity contribution in [3.63, 3.8) is 0 Å². The van der Waals surface area contributed by atoms with Gasteiger partial charge in [0.15, 0.2) is 0 Å². The van der Waals surface area contributed by atoms with Crippen LogP contribution in [0.4, 0.5) is 0 Å². The highest BCUT2D eigenvalue weighted by molar-refractivity contribution is 6.86. The number of hydrogen-bond acceptors (Lipinski definition) is 4. The summed E-state index contributed by atoms with van der Waals surface area (Å²) in [6.07, 6.45) is 1.38. The number of rotatable bonds is 6. The van der Waals surface area contributed by atoms with Crippen molar-refractivity contribution in [1.29, 1.82) is 0 Å². The minimum atomic E-state index is -0.453. The first-order valence-corrected chi connectivity index (χ1v) is 12.5. The summed E-state index contributed by atoms with van der Waals surface area (Å²) in [5, 5.41) is 16.5. The van der Waals surface area contributed by atoms with Crippen LogP contribution in [0.2, 0.25) is 0 Å². The Morgan fingerprint density at radius 3 is 2.46 bits per heavy atom. The van der Waals surface area contributed by atoms with Gasteiger partial charge in [-0.3, -0.25) is 4.99 Å². The van der Waals surface area contributed by atoms with Gasteiger partial charge >= 0.3 is 6.85 Å². The SMILES string of the molecule is C=C1NB(c2c(C)cccc2C)c2cc3ccccc3c3c2C1=NC(C)(CCOC)C3(C)CCO. The van der Waals surface area contributed by atoms with Gasteiger partial charge < -0.3 is 15.1 Å². The van der Waals surface area contributed by atoms with Crippen LogP contribution in [-0.2, 0) is 10.2 Å². The van der Waals surface area contributed by atoms with Crippen LogP contribution in [0, 0.1) is 13.8 Å². The molecule has 0 radical (unpaired) electrons. The minimum absolute atomic E-state index is 0.0114. The molecular weight excluding hydrogens is 431 g/mol.